The van der Waals surface area contributed by atoms with E-state index >= 15 is 0 Å². The van der Waals surface area contributed by atoms with Crippen LogP contribution in [0.3, 0.4) is 0 Å². The average molecular weight is 384 g/mol. The van der Waals surface area contributed by atoms with E-state index in [0.29, 0.717) is 16.8 Å². The fourth-order valence-corrected chi connectivity index (χ4v) is 5.01. The number of rotatable bonds is 4. The zero-order chi connectivity index (χ0) is 19.0. The van der Waals surface area contributed by atoms with E-state index in [-0.39, 0.29) is 10.9 Å². The van der Waals surface area contributed by atoms with Crippen LogP contribution in [-0.4, -0.2) is 26.3 Å². The van der Waals surface area contributed by atoms with Gasteiger partial charge in [0.05, 0.1) is 21.7 Å². The molecule has 0 aromatic heterocycles. The van der Waals surface area contributed by atoms with Gasteiger partial charge in [0.15, 0.2) is 0 Å². The number of benzene rings is 2. The molecule has 1 heterocycles. The van der Waals surface area contributed by atoms with Crippen LogP contribution in [0.2, 0.25) is 0 Å². The highest BCUT2D eigenvalue weighted by Gasteiger charge is 2.36. The highest BCUT2D eigenvalue weighted by atomic mass is 32.2. The molecule has 0 radical (unpaired) electrons. The summed E-state index contributed by atoms with van der Waals surface area (Å²) in [4.78, 5) is 26.3. The maximum Gasteiger partial charge on any atom is 0.266 e. The summed E-state index contributed by atoms with van der Waals surface area (Å²) in [5.41, 5.74) is 1.08. The van der Waals surface area contributed by atoms with Crippen molar-refractivity contribution in [2.45, 2.75) is 43.0 Å². The van der Waals surface area contributed by atoms with Gasteiger partial charge in [-0.25, -0.2) is 18.0 Å². The smallest absolute Gasteiger partial charge is 0.266 e. The molecule has 6 nitrogen and oxygen atoms in total. The van der Waals surface area contributed by atoms with Gasteiger partial charge in [-0.05, 0) is 49.2 Å². The van der Waals surface area contributed by atoms with Crippen molar-refractivity contribution >= 4 is 27.5 Å². The van der Waals surface area contributed by atoms with Crippen molar-refractivity contribution in [2.24, 2.45) is 0 Å². The predicted molar refractivity (Wildman–Crippen MR) is 101 cm³/mol. The van der Waals surface area contributed by atoms with Crippen LogP contribution < -0.4 is 9.62 Å². The molecule has 4 rings (SSSR count). The quantitative estimate of drug-likeness (QED) is 0.821. The lowest BCUT2D eigenvalue weighted by Crippen LogP contribution is -2.36. The van der Waals surface area contributed by atoms with Crippen LogP contribution >= 0.6 is 0 Å². The Balaban J connectivity index is 1.56. The molecule has 27 heavy (non-hydrogen) atoms. The normalized spacial score (nSPS) is 18.0. The van der Waals surface area contributed by atoms with Crippen molar-refractivity contribution in [1.29, 1.82) is 0 Å². The summed E-state index contributed by atoms with van der Waals surface area (Å²) in [6.07, 6.45) is 4.92. The molecular weight excluding hydrogens is 364 g/mol. The minimum absolute atomic E-state index is 0.0281. The fraction of sp³-hybridized carbons (Fsp3) is 0.300. The molecule has 1 aliphatic carbocycles. The summed E-state index contributed by atoms with van der Waals surface area (Å²) in [6, 6.07) is 12.5. The first-order valence-electron chi connectivity index (χ1n) is 9.07. The third-order valence-corrected chi connectivity index (χ3v) is 6.66. The lowest BCUT2D eigenvalue weighted by atomic mass is 9.96. The Hall–Kier alpha value is -2.51. The van der Waals surface area contributed by atoms with Crippen LogP contribution in [-0.2, 0) is 10.0 Å². The molecule has 0 atom stereocenters. The first-order chi connectivity index (χ1) is 13.0. The van der Waals surface area contributed by atoms with Crippen molar-refractivity contribution in [1.82, 2.24) is 4.72 Å². The number of nitrogens with zero attached hydrogens (tertiary/aromatic N) is 1. The molecule has 1 aliphatic heterocycles. The maximum absolute atomic E-state index is 12.6. The summed E-state index contributed by atoms with van der Waals surface area (Å²) in [7, 11) is -3.62. The van der Waals surface area contributed by atoms with Crippen LogP contribution in [0.25, 0.3) is 0 Å². The van der Waals surface area contributed by atoms with Gasteiger partial charge in [-0.3, -0.25) is 9.59 Å². The second-order valence-electron chi connectivity index (χ2n) is 6.94. The molecule has 2 aromatic rings. The minimum Gasteiger partial charge on any atom is -0.268 e. The van der Waals surface area contributed by atoms with Crippen LogP contribution in [0, 0.1) is 0 Å². The van der Waals surface area contributed by atoms with Gasteiger partial charge in [-0.2, -0.15) is 0 Å². The minimum atomic E-state index is -3.62. The first-order valence-corrected chi connectivity index (χ1v) is 10.6. The number of sulfonamides is 1. The maximum atomic E-state index is 12.6. The van der Waals surface area contributed by atoms with Crippen LogP contribution in [0.1, 0.15) is 52.8 Å². The Morgan fingerprint density at radius 3 is 1.93 bits per heavy atom. The van der Waals surface area contributed by atoms with E-state index in [0.717, 1.165) is 37.0 Å². The second-order valence-corrected chi connectivity index (χ2v) is 8.66. The molecular formula is C20H20N2O4S. The van der Waals surface area contributed by atoms with E-state index < -0.39 is 21.8 Å². The Bertz CT molecular complexity index is 958. The van der Waals surface area contributed by atoms with E-state index in [9.17, 15) is 18.0 Å². The molecule has 1 fully saturated rings. The Labute approximate surface area is 158 Å². The zero-order valence-corrected chi connectivity index (χ0v) is 15.5. The SMILES string of the molecule is O=C1c2ccccc2C(=O)N1c1ccc(S(=O)(=O)NC2CCCCC2)cc1. The third kappa shape index (κ3) is 3.28. The van der Waals surface area contributed by atoms with Gasteiger partial charge in [0, 0.05) is 6.04 Å². The largest absolute Gasteiger partial charge is 0.268 e. The van der Waals surface area contributed by atoms with Crippen molar-refractivity contribution in [3.63, 3.8) is 0 Å². The van der Waals surface area contributed by atoms with E-state index in [1.165, 1.54) is 24.3 Å². The third-order valence-electron chi connectivity index (χ3n) is 5.13. The summed E-state index contributed by atoms with van der Waals surface area (Å²) < 4.78 is 27.9. The van der Waals surface area contributed by atoms with E-state index in [4.69, 9.17) is 0 Å². The number of hydrogen-bond donors (Lipinski definition) is 1. The van der Waals surface area contributed by atoms with Crippen LogP contribution in [0.4, 0.5) is 5.69 Å². The lowest BCUT2D eigenvalue weighted by Gasteiger charge is -2.22. The zero-order valence-electron chi connectivity index (χ0n) is 14.7. The summed E-state index contributed by atoms with van der Waals surface area (Å²) >= 11 is 0. The number of hydrogen-bond acceptors (Lipinski definition) is 4. The highest BCUT2D eigenvalue weighted by molar-refractivity contribution is 7.89. The van der Waals surface area contributed by atoms with Gasteiger partial charge in [0.1, 0.15) is 0 Å². The molecule has 7 heteroatoms. The number of amides is 2. The predicted octanol–water partition coefficient (Wildman–Crippen LogP) is 3.10. The Morgan fingerprint density at radius 2 is 1.37 bits per heavy atom. The van der Waals surface area contributed by atoms with Gasteiger partial charge >= 0.3 is 0 Å². The first kappa shape index (κ1) is 17.9. The lowest BCUT2D eigenvalue weighted by molar-refractivity contribution is 0.0926. The van der Waals surface area contributed by atoms with Crippen LogP contribution in [0.15, 0.2) is 53.4 Å². The van der Waals surface area contributed by atoms with Crippen molar-refractivity contribution in [3.05, 3.63) is 59.7 Å². The molecule has 1 saturated carbocycles. The number of nitrogens with one attached hydrogen (secondary N) is 1. The summed E-state index contributed by atoms with van der Waals surface area (Å²) in [6.45, 7) is 0. The van der Waals surface area contributed by atoms with E-state index in [1.807, 2.05) is 0 Å². The summed E-state index contributed by atoms with van der Waals surface area (Å²) in [5.74, 6) is -0.793. The van der Waals surface area contributed by atoms with Gasteiger partial charge in [-0.15, -0.1) is 0 Å². The number of anilines is 1. The molecule has 0 unspecified atom stereocenters. The number of carbonyl (C=O) groups is 2. The molecule has 0 saturated heterocycles. The standard InChI is InChI=1S/C20H20N2O4S/c23-19-17-8-4-5-9-18(17)20(24)22(19)15-10-12-16(13-11-15)27(25,26)21-14-6-2-1-3-7-14/h4-5,8-14,21H,1-3,6-7H2. The monoisotopic (exact) mass is 384 g/mol. The van der Waals surface area contributed by atoms with Crippen molar-refractivity contribution in [3.8, 4) is 0 Å². The summed E-state index contributed by atoms with van der Waals surface area (Å²) in [5, 5.41) is 0. The van der Waals surface area contributed by atoms with Crippen molar-refractivity contribution in [2.75, 3.05) is 4.90 Å². The topological polar surface area (TPSA) is 83.6 Å². The van der Waals surface area contributed by atoms with Gasteiger partial charge < -0.3 is 0 Å². The molecule has 2 amide bonds. The highest BCUT2D eigenvalue weighted by Crippen LogP contribution is 2.29. The molecule has 2 aromatic carbocycles. The Morgan fingerprint density at radius 1 is 0.815 bits per heavy atom. The van der Waals surface area contributed by atoms with Crippen molar-refractivity contribution < 1.29 is 18.0 Å². The Kier molecular flexibility index (Phi) is 4.57. The van der Waals surface area contributed by atoms with Crippen LogP contribution in [0.5, 0.6) is 0 Å². The van der Waals surface area contributed by atoms with E-state index in [2.05, 4.69) is 4.72 Å². The number of imide groups is 1. The van der Waals surface area contributed by atoms with Gasteiger partial charge in [0.25, 0.3) is 11.8 Å². The number of fused-ring (bicyclic) bond motifs is 1. The second kappa shape index (κ2) is 6.90. The van der Waals surface area contributed by atoms with Gasteiger partial charge in [-0.1, -0.05) is 31.4 Å². The van der Waals surface area contributed by atoms with E-state index in [1.54, 1.807) is 24.3 Å². The molecule has 0 spiro atoms. The molecule has 1 N–H and O–H groups in total. The molecule has 140 valence electrons. The van der Waals surface area contributed by atoms with Gasteiger partial charge in [0.2, 0.25) is 10.0 Å². The number of carbonyl (C=O) groups excluding carboxylic acids is 2. The molecule has 0 bridgehead atoms. The fourth-order valence-electron chi connectivity index (χ4n) is 3.71. The molecule has 2 aliphatic rings. The average Bonchev–Trinajstić information content (AvgIpc) is 2.93.